The fourth-order valence-corrected chi connectivity index (χ4v) is 1.94. The van der Waals surface area contributed by atoms with E-state index in [1.807, 2.05) is 0 Å². The van der Waals surface area contributed by atoms with E-state index in [2.05, 4.69) is 26.1 Å². The van der Waals surface area contributed by atoms with Gasteiger partial charge in [0.25, 0.3) is 0 Å². The molecule has 0 aromatic rings. The molecule has 0 saturated heterocycles. The van der Waals surface area contributed by atoms with Gasteiger partial charge >= 0.3 is 6.09 Å². The van der Waals surface area contributed by atoms with E-state index in [0.29, 0.717) is 12.0 Å². The molecule has 1 amide bonds. The minimum Gasteiger partial charge on any atom is -0.465 e. The van der Waals surface area contributed by atoms with E-state index in [-0.39, 0.29) is 0 Å². The molecule has 3 heteroatoms. The minimum absolute atomic E-state index is 0.431. The van der Waals surface area contributed by atoms with E-state index in [0.717, 1.165) is 12.8 Å². The van der Waals surface area contributed by atoms with Crippen molar-refractivity contribution >= 4 is 6.09 Å². The van der Waals surface area contributed by atoms with Gasteiger partial charge in [-0.3, -0.25) is 0 Å². The van der Waals surface area contributed by atoms with Crippen LogP contribution >= 0.6 is 0 Å². The number of rotatable bonds is 7. The van der Waals surface area contributed by atoms with E-state index in [4.69, 9.17) is 5.11 Å². The molecule has 0 atom stereocenters. The summed E-state index contributed by atoms with van der Waals surface area (Å²) < 4.78 is 0. The lowest BCUT2D eigenvalue weighted by molar-refractivity contribution is 0.190. The van der Waals surface area contributed by atoms with Gasteiger partial charge in [0.1, 0.15) is 0 Å². The van der Waals surface area contributed by atoms with E-state index >= 15 is 0 Å². The van der Waals surface area contributed by atoms with Crippen LogP contribution < -0.4 is 5.32 Å². The molecule has 0 saturated carbocycles. The van der Waals surface area contributed by atoms with Crippen LogP contribution in [0.15, 0.2) is 0 Å². The molecule has 0 radical (unpaired) electrons. The first-order valence-corrected chi connectivity index (χ1v) is 5.57. The monoisotopic (exact) mass is 201 g/mol. The van der Waals surface area contributed by atoms with E-state index in [9.17, 15) is 4.79 Å². The molecule has 0 aromatic heterocycles. The molecular formula is C11H23NO2. The van der Waals surface area contributed by atoms with Crippen LogP contribution in [0.1, 0.15) is 52.9 Å². The van der Waals surface area contributed by atoms with Crippen molar-refractivity contribution in [2.75, 3.05) is 6.54 Å². The summed E-state index contributed by atoms with van der Waals surface area (Å²) in [5, 5.41) is 10.8. The van der Waals surface area contributed by atoms with Gasteiger partial charge in [-0.1, -0.05) is 40.0 Å². The van der Waals surface area contributed by atoms with Gasteiger partial charge in [-0.25, -0.2) is 4.79 Å². The molecule has 0 aliphatic carbocycles. The predicted molar refractivity (Wildman–Crippen MR) is 58.6 cm³/mol. The normalized spacial score (nSPS) is 11.4. The van der Waals surface area contributed by atoms with Crippen LogP contribution in [0.2, 0.25) is 0 Å². The Morgan fingerprint density at radius 1 is 1.21 bits per heavy atom. The van der Waals surface area contributed by atoms with E-state index < -0.39 is 6.09 Å². The highest BCUT2D eigenvalue weighted by Crippen LogP contribution is 2.35. The van der Waals surface area contributed by atoms with Crippen LogP contribution in [-0.2, 0) is 0 Å². The highest BCUT2D eigenvalue weighted by Gasteiger charge is 2.22. The molecule has 0 fully saturated rings. The summed E-state index contributed by atoms with van der Waals surface area (Å²) in [4.78, 5) is 10.2. The van der Waals surface area contributed by atoms with Gasteiger partial charge in [-0.05, 0) is 18.3 Å². The number of carbonyl (C=O) groups is 1. The van der Waals surface area contributed by atoms with Gasteiger partial charge in [0, 0.05) is 6.54 Å². The van der Waals surface area contributed by atoms with Crippen molar-refractivity contribution in [3.05, 3.63) is 0 Å². The standard InChI is InChI=1S/C11H23NO2/c1-4-11(5-2,6-3)8-7-9-12-10(13)14/h12H,4-9H2,1-3H3,(H,13,14). The SMILES string of the molecule is CCC(CC)(CC)CCCNC(=O)O. The van der Waals surface area contributed by atoms with Crippen LogP contribution in [0.4, 0.5) is 4.79 Å². The zero-order valence-electron chi connectivity index (χ0n) is 9.60. The number of hydrogen-bond acceptors (Lipinski definition) is 1. The number of hydrogen-bond donors (Lipinski definition) is 2. The minimum atomic E-state index is -0.917. The van der Waals surface area contributed by atoms with Crippen LogP contribution in [0.25, 0.3) is 0 Å². The second-order valence-corrected chi connectivity index (χ2v) is 3.90. The molecule has 0 bridgehead atoms. The molecule has 0 spiro atoms. The van der Waals surface area contributed by atoms with Crippen molar-refractivity contribution in [3.8, 4) is 0 Å². The second kappa shape index (κ2) is 6.68. The summed E-state index contributed by atoms with van der Waals surface area (Å²) in [6.45, 7) is 7.24. The zero-order valence-corrected chi connectivity index (χ0v) is 9.60. The molecule has 0 aromatic carbocycles. The van der Waals surface area contributed by atoms with Gasteiger partial charge in [0.2, 0.25) is 0 Å². The Bertz CT molecular complexity index is 156. The Balaban J connectivity index is 3.77. The van der Waals surface area contributed by atoms with Crippen LogP contribution in [-0.4, -0.2) is 17.7 Å². The maximum Gasteiger partial charge on any atom is 0.404 e. The molecule has 14 heavy (non-hydrogen) atoms. The van der Waals surface area contributed by atoms with Gasteiger partial charge in [0.15, 0.2) is 0 Å². The highest BCUT2D eigenvalue weighted by atomic mass is 16.4. The molecule has 0 aliphatic rings. The Hall–Kier alpha value is -0.730. The van der Waals surface area contributed by atoms with Crippen LogP contribution in [0.3, 0.4) is 0 Å². The van der Waals surface area contributed by atoms with Crippen molar-refractivity contribution < 1.29 is 9.90 Å². The number of nitrogens with one attached hydrogen (secondary N) is 1. The quantitative estimate of drug-likeness (QED) is 0.621. The molecule has 84 valence electrons. The van der Waals surface area contributed by atoms with Crippen LogP contribution in [0, 0.1) is 5.41 Å². The summed E-state index contributed by atoms with van der Waals surface area (Å²) in [5.41, 5.74) is 0.431. The topological polar surface area (TPSA) is 49.3 Å². The fourth-order valence-electron chi connectivity index (χ4n) is 1.94. The second-order valence-electron chi connectivity index (χ2n) is 3.90. The molecule has 3 nitrogen and oxygen atoms in total. The molecule has 2 N–H and O–H groups in total. The molecule has 0 heterocycles. The maximum absolute atomic E-state index is 10.2. The Kier molecular flexibility index (Phi) is 6.34. The van der Waals surface area contributed by atoms with Crippen molar-refractivity contribution in [1.29, 1.82) is 0 Å². The Morgan fingerprint density at radius 3 is 2.07 bits per heavy atom. The molecule has 0 aliphatic heterocycles. The van der Waals surface area contributed by atoms with E-state index in [1.54, 1.807) is 0 Å². The lowest BCUT2D eigenvalue weighted by Gasteiger charge is -2.30. The molecular weight excluding hydrogens is 178 g/mol. The number of amides is 1. The molecule has 0 rings (SSSR count). The Morgan fingerprint density at radius 2 is 1.71 bits per heavy atom. The molecule has 0 unspecified atom stereocenters. The smallest absolute Gasteiger partial charge is 0.404 e. The van der Waals surface area contributed by atoms with Gasteiger partial charge in [-0.15, -0.1) is 0 Å². The van der Waals surface area contributed by atoms with Gasteiger partial charge in [0.05, 0.1) is 0 Å². The first-order chi connectivity index (χ1) is 6.60. The zero-order chi connectivity index (χ0) is 11.0. The van der Waals surface area contributed by atoms with Crippen molar-refractivity contribution in [1.82, 2.24) is 5.32 Å². The lowest BCUT2D eigenvalue weighted by Crippen LogP contribution is -2.25. The lowest BCUT2D eigenvalue weighted by atomic mass is 9.76. The van der Waals surface area contributed by atoms with E-state index in [1.165, 1.54) is 19.3 Å². The third-order valence-corrected chi connectivity index (χ3v) is 3.41. The number of carboxylic acid groups (broad SMARTS) is 1. The van der Waals surface area contributed by atoms with Crippen molar-refractivity contribution in [2.45, 2.75) is 52.9 Å². The largest absolute Gasteiger partial charge is 0.465 e. The van der Waals surface area contributed by atoms with Crippen molar-refractivity contribution in [3.63, 3.8) is 0 Å². The summed E-state index contributed by atoms with van der Waals surface area (Å²) in [6.07, 6.45) is 4.71. The average molecular weight is 201 g/mol. The Labute approximate surface area is 86.9 Å². The average Bonchev–Trinajstić information content (AvgIpc) is 2.19. The highest BCUT2D eigenvalue weighted by molar-refractivity contribution is 5.64. The predicted octanol–water partition coefficient (Wildman–Crippen LogP) is 3.25. The summed E-state index contributed by atoms with van der Waals surface area (Å²) in [7, 11) is 0. The third-order valence-electron chi connectivity index (χ3n) is 3.41. The summed E-state index contributed by atoms with van der Waals surface area (Å²) >= 11 is 0. The first kappa shape index (κ1) is 13.3. The summed E-state index contributed by atoms with van der Waals surface area (Å²) in [6, 6.07) is 0. The summed E-state index contributed by atoms with van der Waals surface area (Å²) in [5.74, 6) is 0. The van der Waals surface area contributed by atoms with Crippen molar-refractivity contribution in [2.24, 2.45) is 5.41 Å². The maximum atomic E-state index is 10.2. The van der Waals surface area contributed by atoms with Gasteiger partial charge < -0.3 is 10.4 Å². The first-order valence-electron chi connectivity index (χ1n) is 5.57. The fraction of sp³-hybridized carbons (Fsp3) is 0.909. The van der Waals surface area contributed by atoms with Gasteiger partial charge in [-0.2, -0.15) is 0 Å². The van der Waals surface area contributed by atoms with Crippen LogP contribution in [0.5, 0.6) is 0 Å². The third kappa shape index (κ3) is 4.49.